The molecule has 0 aliphatic heterocycles. The van der Waals surface area contributed by atoms with Gasteiger partial charge in [-0.15, -0.1) is 0 Å². The molecule has 0 aromatic rings. The van der Waals surface area contributed by atoms with Crippen LogP contribution in [-0.4, -0.2) is 96.7 Å². The van der Waals surface area contributed by atoms with Gasteiger partial charge in [-0.2, -0.15) is 0 Å². The Morgan fingerprint density at radius 3 is 0.667 bits per heavy atom. The second kappa shape index (κ2) is 74.5. The van der Waals surface area contributed by atoms with Crippen LogP contribution >= 0.6 is 15.6 Å². The van der Waals surface area contributed by atoms with E-state index in [1.165, 1.54) is 257 Å². The van der Waals surface area contributed by atoms with Crippen LogP contribution in [0.5, 0.6) is 0 Å². The third-order valence-corrected chi connectivity index (χ3v) is 21.4. The summed E-state index contributed by atoms with van der Waals surface area (Å²) in [5, 5.41) is 10.7. The Morgan fingerprint density at radius 1 is 0.265 bits per heavy atom. The molecule has 3 N–H and O–H groups in total. The van der Waals surface area contributed by atoms with Crippen molar-refractivity contribution in [3.05, 3.63) is 0 Å². The Morgan fingerprint density at radius 2 is 0.451 bits per heavy atom. The molecule has 606 valence electrons. The highest BCUT2D eigenvalue weighted by Gasteiger charge is 2.30. The van der Waals surface area contributed by atoms with Crippen LogP contribution in [0.1, 0.15) is 440 Å². The van der Waals surface area contributed by atoms with Crippen LogP contribution in [0.3, 0.4) is 0 Å². The summed E-state index contributed by atoms with van der Waals surface area (Å²) in [5.41, 5.74) is 0. The zero-order valence-electron chi connectivity index (χ0n) is 66.9. The molecule has 0 spiro atoms. The van der Waals surface area contributed by atoms with E-state index in [1.54, 1.807) is 0 Å². The normalized spacial score (nSPS) is 13.9. The van der Waals surface area contributed by atoms with Gasteiger partial charge >= 0.3 is 39.5 Å². The Hall–Kier alpha value is -1.94. The second-order valence-corrected chi connectivity index (χ2v) is 33.7. The summed E-state index contributed by atoms with van der Waals surface area (Å²) in [6.07, 6.45) is 65.3. The average Bonchev–Trinajstić information content (AvgIpc) is 0.934. The second-order valence-electron chi connectivity index (χ2n) is 30.8. The van der Waals surface area contributed by atoms with Gasteiger partial charge in [0.05, 0.1) is 26.4 Å². The van der Waals surface area contributed by atoms with Gasteiger partial charge in [0, 0.05) is 25.7 Å². The number of carbonyl (C=O) groups excluding carboxylic acids is 4. The van der Waals surface area contributed by atoms with Crippen LogP contribution in [-0.2, 0) is 65.4 Å². The summed E-state index contributed by atoms with van der Waals surface area (Å²) >= 11 is 0. The van der Waals surface area contributed by atoms with Crippen molar-refractivity contribution in [2.75, 3.05) is 39.6 Å². The molecule has 19 heteroatoms. The summed E-state index contributed by atoms with van der Waals surface area (Å²) in [5.74, 6) is -0.573. The molecule has 102 heavy (non-hydrogen) atoms. The Labute approximate surface area is 626 Å². The highest BCUT2D eigenvalue weighted by Crippen LogP contribution is 2.45. The molecule has 0 heterocycles. The number of phosphoric acid groups is 2. The van der Waals surface area contributed by atoms with Crippen molar-refractivity contribution < 1.29 is 80.2 Å². The fourth-order valence-corrected chi connectivity index (χ4v) is 14.5. The molecule has 0 saturated heterocycles. The van der Waals surface area contributed by atoms with Crippen LogP contribution in [0.2, 0.25) is 0 Å². The molecule has 0 rings (SSSR count). The van der Waals surface area contributed by atoms with E-state index in [2.05, 4.69) is 41.5 Å². The van der Waals surface area contributed by atoms with E-state index in [-0.39, 0.29) is 25.7 Å². The Balaban J connectivity index is 5.22. The molecule has 0 aliphatic rings. The fourth-order valence-electron chi connectivity index (χ4n) is 12.9. The molecule has 0 fully saturated rings. The zero-order chi connectivity index (χ0) is 74.9. The minimum atomic E-state index is -4.96. The molecule has 0 bridgehead atoms. The third kappa shape index (κ3) is 76.3. The number of phosphoric ester groups is 2. The first-order valence-corrected chi connectivity index (χ1v) is 46.0. The lowest BCUT2D eigenvalue weighted by Crippen LogP contribution is -2.30. The topological polar surface area (TPSA) is 237 Å². The number of hydrogen-bond acceptors (Lipinski definition) is 15. The molecular weight excluding hydrogens is 1330 g/mol. The lowest BCUT2D eigenvalue weighted by molar-refractivity contribution is -0.161. The number of aliphatic hydroxyl groups is 1. The number of hydrogen-bond donors (Lipinski definition) is 3. The van der Waals surface area contributed by atoms with Gasteiger partial charge in [0.1, 0.15) is 19.3 Å². The fraction of sp³-hybridized carbons (Fsp3) is 0.952. The zero-order valence-corrected chi connectivity index (χ0v) is 68.7. The van der Waals surface area contributed by atoms with Gasteiger partial charge in [0.25, 0.3) is 0 Å². The summed E-state index contributed by atoms with van der Waals surface area (Å²) in [7, 11) is -9.92. The number of aliphatic hydroxyl groups excluding tert-OH is 1. The van der Waals surface area contributed by atoms with Crippen LogP contribution < -0.4 is 0 Å². The first-order valence-electron chi connectivity index (χ1n) is 43.0. The predicted molar refractivity (Wildman–Crippen MR) is 418 cm³/mol. The quantitative estimate of drug-likeness (QED) is 0.0222. The van der Waals surface area contributed by atoms with Crippen LogP contribution in [0.15, 0.2) is 0 Å². The standard InChI is InChI=1S/C83H162O17P2/c1-7-9-11-13-15-17-19-21-22-23-24-25-26-27-28-29-30-36-43-49-55-61-67-82(87)99-78(71-94-81(86)66-60-54-48-42-35-32-31-33-39-45-51-57-63-75(3)4)73-97-101(89,90)95-69-77(84)70-96-102(91,92)98-74-79(72-93-80(85)65-59-53-47-41-34-20-18-16-14-12-10-8-2)100-83(88)68-62-56-50-44-38-37-40-46-52-58-64-76(5)6/h75-79,84H,7-74H2,1-6H3,(H,89,90)(H,91,92)/t77-,78-,79-/m1/s1. The Kier molecular flexibility index (Phi) is 73.1. The molecule has 5 atom stereocenters. The van der Waals surface area contributed by atoms with Crippen molar-refractivity contribution >= 4 is 39.5 Å². The summed E-state index contributed by atoms with van der Waals surface area (Å²) in [6.45, 7) is 9.65. The van der Waals surface area contributed by atoms with Crippen molar-refractivity contribution in [3.63, 3.8) is 0 Å². The first-order chi connectivity index (χ1) is 49.4. The third-order valence-electron chi connectivity index (χ3n) is 19.5. The van der Waals surface area contributed by atoms with Gasteiger partial charge in [-0.1, -0.05) is 388 Å². The van der Waals surface area contributed by atoms with Crippen molar-refractivity contribution in [1.29, 1.82) is 0 Å². The monoisotopic (exact) mass is 1490 g/mol. The van der Waals surface area contributed by atoms with Crippen molar-refractivity contribution in [2.45, 2.75) is 458 Å². The van der Waals surface area contributed by atoms with E-state index in [0.29, 0.717) is 25.7 Å². The molecule has 0 aromatic heterocycles. The Bertz CT molecular complexity index is 1960. The number of rotatable bonds is 82. The number of ether oxygens (including phenoxy) is 4. The van der Waals surface area contributed by atoms with E-state index in [0.717, 1.165) is 102 Å². The molecule has 0 saturated carbocycles. The maximum Gasteiger partial charge on any atom is 0.472 e. The van der Waals surface area contributed by atoms with Crippen LogP contribution in [0.25, 0.3) is 0 Å². The van der Waals surface area contributed by atoms with E-state index < -0.39 is 97.5 Å². The minimum Gasteiger partial charge on any atom is -0.462 e. The number of unbranched alkanes of at least 4 members (excludes halogenated alkanes) is 52. The largest absolute Gasteiger partial charge is 0.472 e. The van der Waals surface area contributed by atoms with E-state index >= 15 is 0 Å². The van der Waals surface area contributed by atoms with E-state index in [4.69, 9.17) is 37.0 Å². The highest BCUT2D eigenvalue weighted by molar-refractivity contribution is 7.47. The average molecular weight is 1490 g/mol. The van der Waals surface area contributed by atoms with Gasteiger partial charge in [-0.3, -0.25) is 37.3 Å². The number of carbonyl (C=O) groups is 4. The lowest BCUT2D eigenvalue weighted by Gasteiger charge is -2.21. The van der Waals surface area contributed by atoms with Crippen molar-refractivity contribution in [3.8, 4) is 0 Å². The summed E-state index contributed by atoms with van der Waals surface area (Å²) in [6, 6.07) is 0. The lowest BCUT2D eigenvalue weighted by atomic mass is 10.0. The van der Waals surface area contributed by atoms with Crippen LogP contribution in [0, 0.1) is 11.8 Å². The van der Waals surface area contributed by atoms with E-state index in [9.17, 15) is 43.2 Å². The molecule has 0 aliphatic carbocycles. The highest BCUT2D eigenvalue weighted by atomic mass is 31.2. The molecule has 0 radical (unpaired) electrons. The molecule has 17 nitrogen and oxygen atoms in total. The molecular formula is C83H162O17P2. The van der Waals surface area contributed by atoms with Gasteiger partial charge in [0.2, 0.25) is 0 Å². The first kappa shape index (κ1) is 100. The molecule has 0 aromatic carbocycles. The van der Waals surface area contributed by atoms with Crippen molar-refractivity contribution in [2.24, 2.45) is 11.8 Å². The summed E-state index contributed by atoms with van der Waals surface area (Å²) in [4.78, 5) is 73.1. The maximum atomic E-state index is 13.1. The SMILES string of the molecule is CCCCCCCCCCCCCCCCCCCCCCCCC(=O)O[C@H](COC(=O)CCCCCCCCCCCCCCC(C)C)COP(=O)(O)OC[C@@H](O)COP(=O)(O)OC[C@@H](COC(=O)CCCCCCCCCCCCCC)OC(=O)CCCCCCCCCCCCC(C)C. The van der Waals surface area contributed by atoms with Gasteiger partial charge in [0.15, 0.2) is 12.2 Å². The predicted octanol–water partition coefficient (Wildman–Crippen LogP) is 25.1. The van der Waals surface area contributed by atoms with Crippen molar-refractivity contribution in [1.82, 2.24) is 0 Å². The van der Waals surface area contributed by atoms with Gasteiger partial charge in [-0.25, -0.2) is 9.13 Å². The van der Waals surface area contributed by atoms with E-state index in [1.807, 2.05) is 0 Å². The minimum absolute atomic E-state index is 0.107. The maximum absolute atomic E-state index is 13.1. The van der Waals surface area contributed by atoms with Gasteiger partial charge in [-0.05, 0) is 37.5 Å². The molecule has 2 unspecified atom stereocenters. The molecule has 0 amide bonds. The smallest absolute Gasteiger partial charge is 0.462 e. The number of esters is 4. The van der Waals surface area contributed by atoms with Gasteiger partial charge < -0.3 is 33.8 Å². The van der Waals surface area contributed by atoms with Crippen LogP contribution in [0.4, 0.5) is 0 Å². The summed E-state index contributed by atoms with van der Waals surface area (Å²) < 4.78 is 68.8.